The number of hydrogen-bond acceptors (Lipinski definition) is 6. The number of fused-ring (bicyclic) bond motifs is 1. The number of thioether (sulfide) groups is 1. The number of unbranched alkanes of at least 4 members (excludes halogenated alkanes) is 3. The molecule has 3 rings (SSSR count). The predicted molar refractivity (Wildman–Crippen MR) is 139 cm³/mol. The molecule has 0 aliphatic rings. The summed E-state index contributed by atoms with van der Waals surface area (Å²) in [6.45, 7) is 14.0. The minimum Gasteiger partial charge on any atom is -0.505 e. The summed E-state index contributed by atoms with van der Waals surface area (Å²) >= 11 is 1.80. The highest BCUT2D eigenvalue weighted by atomic mass is 32.2. The first-order chi connectivity index (χ1) is 16.1. The second-order valence-electron chi connectivity index (χ2n) is 9.75. The van der Waals surface area contributed by atoms with Gasteiger partial charge in [0.1, 0.15) is 22.5 Å². The van der Waals surface area contributed by atoms with Crippen LogP contribution in [0.15, 0.2) is 47.4 Å². The van der Waals surface area contributed by atoms with Gasteiger partial charge in [-0.2, -0.15) is 0 Å². The maximum atomic E-state index is 11.3. The van der Waals surface area contributed by atoms with Crippen molar-refractivity contribution in [1.29, 1.82) is 0 Å². The Morgan fingerprint density at radius 3 is 2.50 bits per heavy atom. The van der Waals surface area contributed by atoms with Crippen LogP contribution in [0.5, 0.6) is 5.75 Å². The fraction of sp³-hybridized carbons (Fsp3) is 0.444. The van der Waals surface area contributed by atoms with E-state index in [1.165, 1.54) is 4.80 Å². The SMILES string of the molecule is C=C(C)C(=O)OCCCCCCSc1ccc2nn(-c3cc(C)cc(C(C)(C)C)c3O)nc2c1. The van der Waals surface area contributed by atoms with Gasteiger partial charge in [-0.1, -0.05) is 46.3 Å². The van der Waals surface area contributed by atoms with Crippen molar-refractivity contribution in [2.45, 2.75) is 70.6 Å². The number of phenols is 1. The van der Waals surface area contributed by atoms with Crippen LogP contribution in [-0.2, 0) is 14.9 Å². The number of aromatic nitrogens is 3. The monoisotopic (exact) mass is 481 g/mol. The van der Waals surface area contributed by atoms with Crippen LogP contribution in [0.25, 0.3) is 16.7 Å². The Balaban J connectivity index is 1.58. The molecule has 0 atom stereocenters. The maximum Gasteiger partial charge on any atom is 0.333 e. The third-order valence-corrected chi connectivity index (χ3v) is 6.58. The van der Waals surface area contributed by atoms with Crippen molar-refractivity contribution in [3.63, 3.8) is 0 Å². The van der Waals surface area contributed by atoms with Crippen LogP contribution in [-0.4, -0.2) is 38.4 Å². The second-order valence-corrected chi connectivity index (χ2v) is 10.9. The van der Waals surface area contributed by atoms with E-state index >= 15 is 0 Å². The number of rotatable bonds is 10. The van der Waals surface area contributed by atoms with Crippen LogP contribution in [0, 0.1) is 6.92 Å². The lowest BCUT2D eigenvalue weighted by Gasteiger charge is -2.22. The third-order valence-electron chi connectivity index (χ3n) is 5.50. The molecule has 0 spiro atoms. The van der Waals surface area contributed by atoms with Crippen LogP contribution in [0.1, 0.15) is 64.5 Å². The number of esters is 1. The minimum atomic E-state index is -0.310. The van der Waals surface area contributed by atoms with Gasteiger partial charge >= 0.3 is 5.97 Å². The number of aromatic hydroxyl groups is 1. The topological polar surface area (TPSA) is 77.2 Å². The standard InChI is InChI=1S/C27H35N3O3S/c1-18(2)26(32)33-13-9-7-8-10-14-34-20-11-12-22-23(17-20)29-30(28-22)24-16-19(3)15-21(25(24)31)27(4,5)6/h11-12,15-17,31H,1,7-10,13-14H2,2-6H3. The van der Waals surface area contributed by atoms with Crippen molar-refractivity contribution in [3.05, 3.63) is 53.6 Å². The zero-order chi connectivity index (χ0) is 24.9. The van der Waals surface area contributed by atoms with Crippen molar-refractivity contribution in [1.82, 2.24) is 15.0 Å². The van der Waals surface area contributed by atoms with E-state index in [1.54, 1.807) is 18.7 Å². The van der Waals surface area contributed by atoms with Crippen LogP contribution in [0.4, 0.5) is 0 Å². The van der Waals surface area contributed by atoms with E-state index in [0.717, 1.165) is 58.5 Å². The Labute approximate surface area is 206 Å². The molecule has 0 radical (unpaired) electrons. The zero-order valence-electron chi connectivity index (χ0n) is 20.9. The van der Waals surface area contributed by atoms with Gasteiger partial charge in [-0.15, -0.1) is 26.8 Å². The molecule has 182 valence electrons. The normalized spacial score (nSPS) is 11.7. The zero-order valence-corrected chi connectivity index (χ0v) is 21.7. The van der Waals surface area contributed by atoms with Crippen molar-refractivity contribution in [2.75, 3.05) is 12.4 Å². The molecule has 6 nitrogen and oxygen atoms in total. The predicted octanol–water partition coefficient (Wildman–Crippen LogP) is 6.50. The maximum absolute atomic E-state index is 11.3. The Kier molecular flexibility index (Phi) is 8.42. The fourth-order valence-corrected chi connectivity index (χ4v) is 4.55. The molecule has 1 N–H and O–H groups in total. The summed E-state index contributed by atoms with van der Waals surface area (Å²) in [6, 6.07) is 10.0. The first-order valence-electron chi connectivity index (χ1n) is 11.7. The summed E-state index contributed by atoms with van der Waals surface area (Å²) in [5.41, 5.74) is 4.41. The Morgan fingerprint density at radius 1 is 1.09 bits per heavy atom. The molecule has 0 fully saturated rings. The van der Waals surface area contributed by atoms with Crippen LogP contribution in [0.2, 0.25) is 0 Å². The van der Waals surface area contributed by atoms with Gasteiger partial charge in [0.2, 0.25) is 0 Å². The summed E-state index contributed by atoms with van der Waals surface area (Å²) in [5, 5.41) is 20.2. The molecule has 0 saturated carbocycles. The van der Waals surface area contributed by atoms with Gasteiger partial charge in [0, 0.05) is 16.0 Å². The number of hydrogen-bond donors (Lipinski definition) is 1. The number of phenolic OH excluding ortho intramolecular Hbond substituents is 1. The lowest BCUT2D eigenvalue weighted by molar-refractivity contribution is -0.139. The summed E-state index contributed by atoms with van der Waals surface area (Å²) in [5.74, 6) is 0.927. The molecule has 0 unspecified atom stereocenters. The van der Waals surface area contributed by atoms with Gasteiger partial charge in [-0.3, -0.25) is 0 Å². The van der Waals surface area contributed by atoms with Gasteiger partial charge in [0.05, 0.1) is 6.61 Å². The highest BCUT2D eigenvalue weighted by Crippen LogP contribution is 2.36. The molecular weight excluding hydrogens is 446 g/mol. The van der Waals surface area contributed by atoms with Crippen LogP contribution < -0.4 is 0 Å². The minimum absolute atomic E-state index is 0.184. The molecule has 1 heterocycles. The first kappa shape index (κ1) is 25.8. The van der Waals surface area contributed by atoms with Crippen molar-refractivity contribution < 1.29 is 14.6 Å². The number of nitrogens with zero attached hydrogens (tertiary/aromatic N) is 3. The number of benzene rings is 2. The van der Waals surface area contributed by atoms with Crippen molar-refractivity contribution >= 4 is 28.8 Å². The summed E-state index contributed by atoms with van der Waals surface area (Å²) < 4.78 is 5.12. The third kappa shape index (κ3) is 6.63. The van der Waals surface area contributed by atoms with E-state index in [-0.39, 0.29) is 17.1 Å². The smallest absolute Gasteiger partial charge is 0.333 e. The Hall–Kier alpha value is -2.80. The lowest BCUT2D eigenvalue weighted by atomic mass is 9.85. The average Bonchev–Trinajstić information content (AvgIpc) is 3.19. The van der Waals surface area contributed by atoms with Gasteiger partial charge in [0.25, 0.3) is 0 Å². The van der Waals surface area contributed by atoms with Gasteiger partial charge in [-0.05, 0) is 67.7 Å². The highest BCUT2D eigenvalue weighted by Gasteiger charge is 2.22. The van der Waals surface area contributed by atoms with Gasteiger partial charge < -0.3 is 9.84 Å². The average molecular weight is 482 g/mol. The molecule has 7 heteroatoms. The number of ether oxygens (including phenoxy) is 1. The molecule has 34 heavy (non-hydrogen) atoms. The number of carbonyl (C=O) groups excluding carboxylic acids is 1. The molecule has 0 aliphatic heterocycles. The van der Waals surface area contributed by atoms with Crippen molar-refractivity contribution in [2.24, 2.45) is 0 Å². The highest BCUT2D eigenvalue weighted by molar-refractivity contribution is 7.99. The molecular formula is C27H35N3O3S. The molecule has 0 saturated heterocycles. The van der Waals surface area contributed by atoms with E-state index in [1.807, 2.05) is 25.1 Å². The van der Waals surface area contributed by atoms with E-state index in [9.17, 15) is 9.90 Å². The fourth-order valence-electron chi connectivity index (χ4n) is 3.61. The first-order valence-corrected chi connectivity index (χ1v) is 12.7. The Bertz CT molecular complexity index is 1180. The molecule has 0 aliphatic carbocycles. The molecule has 3 aromatic rings. The van der Waals surface area contributed by atoms with Crippen molar-refractivity contribution in [3.8, 4) is 11.4 Å². The summed E-state index contributed by atoms with van der Waals surface area (Å²) in [4.78, 5) is 14.0. The van der Waals surface area contributed by atoms with Crippen LogP contribution in [0.3, 0.4) is 0 Å². The molecule has 0 bridgehead atoms. The van der Waals surface area contributed by atoms with E-state index in [4.69, 9.17) is 4.74 Å². The largest absolute Gasteiger partial charge is 0.505 e. The second kappa shape index (κ2) is 11.1. The van der Waals surface area contributed by atoms with Gasteiger partial charge in [-0.25, -0.2) is 4.79 Å². The molecule has 1 aromatic heterocycles. The van der Waals surface area contributed by atoms with Crippen LogP contribution >= 0.6 is 11.8 Å². The quantitative estimate of drug-likeness (QED) is 0.154. The number of aryl methyl sites for hydroxylation is 1. The van der Waals surface area contributed by atoms with E-state index in [0.29, 0.717) is 17.9 Å². The molecule has 0 amide bonds. The van der Waals surface area contributed by atoms with E-state index < -0.39 is 0 Å². The Morgan fingerprint density at radius 2 is 1.79 bits per heavy atom. The number of carbonyl (C=O) groups is 1. The van der Waals surface area contributed by atoms with E-state index in [2.05, 4.69) is 49.7 Å². The van der Waals surface area contributed by atoms with Gasteiger partial charge in [0.15, 0.2) is 0 Å². The molecule has 2 aromatic carbocycles. The lowest BCUT2D eigenvalue weighted by Crippen LogP contribution is -2.13. The summed E-state index contributed by atoms with van der Waals surface area (Å²) in [7, 11) is 0. The summed E-state index contributed by atoms with van der Waals surface area (Å²) in [6.07, 6.45) is 4.10.